The third-order valence-electron chi connectivity index (χ3n) is 8.18. The number of hydrogen-bond acceptors (Lipinski definition) is 7. The summed E-state index contributed by atoms with van der Waals surface area (Å²) in [6.07, 6.45) is 28.5. The maximum Gasteiger partial charge on any atom is 0.305 e. The Hall–Kier alpha value is -2.42. The van der Waals surface area contributed by atoms with Crippen LogP contribution in [0.15, 0.2) is 11.1 Å². The molecule has 42 heavy (non-hydrogen) atoms. The van der Waals surface area contributed by atoms with Gasteiger partial charge in [0.2, 0.25) is 5.95 Å². The van der Waals surface area contributed by atoms with Crippen LogP contribution in [0.1, 0.15) is 148 Å². The van der Waals surface area contributed by atoms with Gasteiger partial charge in [-0.2, -0.15) is 4.98 Å². The minimum Gasteiger partial charge on any atom is -0.465 e. The number of imidazole rings is 1. The van der Waals surface area contributed by atoms with Crippen LogP contribution >= 0.6 is 0 Å². The predicted octanol–water partition coefficient (Wildman–Crippen LogP) is 7.46. The maximum absolute atomic E-state index is 12.3. The molecule has 0 aliphatic carbocycles. The molecule has 0 saturated heterocycles. The average molecular weight is 590 g/mol. The number of nitrogens with zero attached hydrogens (tertiary/aromatic N) is 3. The Morgan fingerprint density at radius 2 is 1.40 bits per heavy atom. The van der Waals surface area contributed by atoms with Crippen LogP contribution in [0, 0.1) is 5.92 Å². The number of carbonyl (C=O) groups is 1. The molecule has 4 N–H and O–H groups in total. The van der Waals surface area contributed by atoms with Crippen molar-refractivity contribution in [3.63, 3.8) is 0 Å². The normalized spacial score (nSPS) is 12.2. The summed E-state index contributed by atoms with van der Waals surface area (Å²) in [6, 6.07) is 0. The third kappa shape index (κ3) is 15.7. The number of aliphatic hydroxyl groups is 1. The van der Waals surface area contributed by atoms with E-state index < -0.39 is 0 Å². The third-order valence-corrected chi connectivity index (χ3v) is 8.18. The van der Waals surface area contributed by atoms with Gasteiger partial charge in [-0.3, -0.25) is 14.6 Å². The molecular weight excluding hydrogens is 530 g/mol. The molecule has 9 heteroatoms. The number of hydrogen-bond donors (Lipinski definition) is 3. The zero-order valence-corrected chi connectivity index (χ0v) is 26.4. The Kier molecular flexibility index (Phi) is 19.7. The first-order valence-electron chi connectivity index (χ1n) is 17.0. The van der Waals surface area contributed by atoms with Crippen molar-refractivity contribution in [1.82, 2.24) is 19.5 Å². The van der Waals surface area contributed by atoms with Crippen LogP contribution in [-0.2, 0) is 16.1 Å². The number of aromatic nitrogens is 4. The van der Waals surface area contributed by atoms with Crippen molar-refractivity contribution >= 4 is 23.1 Å². The molecule has 0 fully saturated rings. The van der Waals surface area contributed by atoms with E-state index in [0.29, 0.717) is 31.5 Å². The number of unbranched alkanes of at least 4 members (excludes halogenated alkanes) is 18. The Morgan fingerprint density at radius 3 is 1.93 bits per heavy atom. The summed E-state index contributed by atoms with van der Waals surface area (Å²) in [5.41, 5.74) is 5.95. The summed E-state index contributed by atoms with van der Waals surface area (Å²) in [5.74, 6) is -0.164. The van der Waals surface area contributed by atoms with E-state index in [2.05, 4.69) is 21.9 Å². The second-order valence-electron chi connectivity index (χ2n) is 12.0. The molecule has 2 aromatic rings. The van der Waals surface area contributed by atoms with Crippen LogP contribution in [0.2, 0.25) is 0 Å². The average Bonchev–Trinajstić information content (AvgIpc) is 3.38. The van der Waals surface area contributed by atoms with E-state index in [9.17, 15) is 14.7 Å². The standard InChI is InChI=1S/C33H59N5O4/c1-2-3-4-5-6-7-8-9-10-11-12-13-14-15-16-17-18-19-20-23-29(40)42-26-28(22-21-24-39)25-38-27-35-30-31(38)36-33(34)37-32(30)41/h27-28,39H,2-26H2,1H3,(H3,34,36,37,41)/t28-/m1/s1. The molecule has 2 rings (SSSR count). The van der Waals surface area contributed by atoms with Crippen molar-refractivity contribution in [2.45, 2.75) is 155 Å². The van der Waals surface area contributed by atoms with E-state index in [1.165, 1.54) is 109 Å². The molecule has 9 nitrogen and oxygen atoms in total. The number of nitrogens with one attached hydrogen (secondary N) is 1. The molecule has 0 aromatic carbocycles. The summed E-state index contributed by atoms with van der Waals surface area (Å²) >= 11 is 0. The van der Waals surface area contributed by atoms with Crippen molar-refractivity contribution in [2.24, 2.45) is 5.92 Å². The van der Waals surface area contributed by atoms with Gasteiger partial charge in [0.25, 0.3) is 5.56 Å². The van der Waals surface area contributed by atoms with E-state index in [-0.39, 0.29) is 42.1 Å². The van der Waals surface area contributed by atoms with Crippen LogP contribution in [0.25, 0.3) is 11.2 Å². The number of rotatable bonds is 27. The topological polar surface area (TPSA) is 136 Å². The molecule has 1 atom stereocenters. The molecule has 2 heterocycles. The minimum absolute atomic E-state index is 0.0223. The fourth-order valence-corrected chi connectivity index (χ4v) is 5.62. The highest BCUT2D eigenvalue weighted by Gasteiger charge is 2.16. The number of aliphatic hydroxyl groups excluding tert-OH is 1. The van der Waals surface area contributed by atoms with Crippen molar-refractivity contribution in [3.05, 3.63) is 16.7 Å². The van der Waals surface area contributed by atoms with Gasteiger partial charge in [-0.15, -0.1) is 0 Å². The Bertz CT molecular complexity index is 1020. The Balaban J connectivity index is 1.45. The highest BCUT2D eigenvalue weighted by molar-refractivity contribution is 5.70. The molecule has 0 amide bonds. The molecule has 0 bridgehead atoms. The number of H-pyrrole nitrogens is 1. The monoisotopic (exact) mass is 589 g/mol. The molecule has 0 saturated carbocycles. The number of carbonyl (C=O) groups excluding carboxylic acids is 1. The highest BCUT2D eigenvalue weighted by Crippen LogP contribution is 2.17. The fraction of sp³-hybridized carbons (Fsp3) is 0.818. The number of aromatic amines is 1. The number of ether oxygens (including phenoxy) is 1. The summed E-state index contributed by atoms with van der Waals surface area (Å²) in [6.45, 7) is 3.08. The van der Waals surface area contributed by atoms with Crippen LogP contribution in [-0.4, -0.2) is 43.8 Å². The molecule has 0 radical (unpaired) electrons. The van der Waals surface area contributed by atoms with E-state index >= 15 is 0 Å². The lowest BCUT2D eigenvalue weighted by Crippen LogP contribution is -2.20. The summed E-state index contributed by atoms with van der Waals surface area (Å²) < 4.78 is 7.34. The van der Waals surface area contributed by atoms with Gasteiger partial charge in [0.1, 0.15) is 0 Å². The minimum atomic E-state index is -0.380. The van der Waals surface area contributed by atoms with Gasteiger partial charge in [0, 0.05) is 25.5 Å². The van der Waals surface area contributed by atoms with Gasteiger partial charge >= 0.3 is 5.97 Å². The molecule has 0 unspecified atom stereocenters. The SMILES string of the molecule is CCCCCCCCCCCCCCCCCCCCCC(=O)OC[C@H](CCCO)Cn1cnc2c(=O)[nH]c(N)nc21. The lowest BCUT2D eigenvalue weighted by Gasteiger charge is -2.17. The lowest BCUT2D eigenvalue weighted by molar-refractivity contribution is -0.145. The van der Waals surface area contributed by atoms with Crippen LogP contribution < -0.4 is 11.3 Å². The second-order valence-corrected chi connectivity index (χ2v) is 12.0. The van der Waals surface area contributed by atoms with Crippen molar-refractivity contribution in [1.29, 1.82) is 0 Å². The van der Waals surface area contributed by atoms with Crippen LogP contribution in [0.3, 0.4) is 0 Å². The van der Waals surface area contributed by atoms with Gasteiger partial charge in [-0.25, -0.2) is 4.98 Å². The van der Waals surface area contributed by atoms with Crippen LogP contribution in [0.4, 0.5) is 5.95 Å². The fourth-order valence-electron chi connectivity index (χ4n) is 5.62. The van der Waals surface area contributed by atoms with Gasteiger partial charge < -0.3 is 20.1 Å². The predicted molar refractivity (Wildman–Crippen MR) is 171 cm³/mol. The van der Waals surface area contributed by atoms with Crippen molar-refractivity contribution in [3.8, 4) is 0 Å². The van der Waals surface area contributed by atoms with E-state index in [4.69, 9.17) is 10.5 Å². The molecule has 2 aromatic heterocycles. The van der Waals surface area contributed by atoms with E-state index in [1.807, 2.05) is 0 Å². The Morgan fingerprint density at radius 1 is 0.881 bits per heavy atom. The van der Waals surface area contributed by atoms with Gasteiger partial charge in [0.05, 0.1) is 12.9 Å². The molecule has 0 aliphatic rings. The van der Waals surface area contributed by atoms with E-state index in [1.54, 1.807) is 10.9 Å². The van der Waals surface area contributed by atoms with Gasteiger partial charge in [0.15, 0.2) is 11.2 Å². The largest absolute Gasteiger partial charge is 0.465 e. The molecular formula is C33H59N5O4. The van der Waals surface area contributed by atoms with Crippen LogP contribution in [0.5, 0.6) is 0 Å². The summed E-state index contributed by atoms with van der Waals surface area (Å²) in [7, 11) is 0. The van der Waals surface area contributed by atoms with Gasteiger partial charge in [-0.05, 0) is 19.3 Å². The summed E-state index contributed by atoms with van der Waals surface area (Å²) in [5, 5.41) is 9.29. The number of fused-ring (bicyclic) bond motifs is 1. The summed E-state index contributed by atoms with van der Waals surface area (Å²) in [4.78, 5) is 35.2. The first-order chi connectivity index (χ1) is 20.5. The molecule has 0 aliphatic heterocycles. The Labute approximate surface area is 253 Å². The molecule has 240 valence electrons. The van der Waals surface area contributed by atoms with Gasteiger partial charge in [-0.1, -0.05) is 122 Å². The smallest absolute Gasteiger partial charge is 0.305 e. The number of anilines is 1. The maximum atomic E-state index is 12.3. The number of nitrogen functional groups attached to an aromatic ring is 1. The number of esters is 1. The first-order valence-corrected chi connectivity index (χ1v) is 17.0. The second kappa shape index (κ2) is 23.1. The van der Waals surface area contributed by atoms with Crippen molar-refractivity contribution < 1.29 is 14.6 Å². The zero-order chi connectivity index (χ0) is 30.3. The highest BCUT2D eigenvalue weighted by atomic mass is 16.5. The van der Waals surface area contributed by atoms with Crippen molar-refractivity contribution in [2.75, 3.05) is 18.9 Å². The first kappa shape index (κ1) is 35.8. The quantitative estimate of drug-likeness (QED) is 0.0727. The lowest BCUT2D eigenvalue weighted by atomic mass is 10.0. The molecule has 0 spiro atoms. The zero-order valence-electron chi connectivity index (χ0n) is 26.4. The van der Waals surface area contributed by atoms with E-state index in [0.717, 1.165) is 12.8 Å². The number of nitrogens with two attached hydrogens (primary N) is 1.